The fourth-order valence-electron chi connectivity index (χ4n) is 1.18. The first-order chi connectivity index (χ1) is 7.64. The smallest absolute Gasteiger partial charge is 0.309 e. The third-order valence-corrected chi connectivity index (χ3v) is 5.08. The van der Waals surface area contributed by atoms with Gasteiger partial charge >= 0.3 is 5.97 Å². The number of rotatable bonds is 6. The van der Waals surface area contributed by atoms with Gasteiger partial charge in [-0.2, -0.15) is 0 Å². The largest absolute Gasteiger partial charge is 0.469 e. The summed E-state index contributed by atoms with van der Waals surface area (Å²) in [6, 6.07) is 0. The SMILES string of the molecule is COC(=O)C(C)CN(C)S(=O)(=O)C(C)C(N)=S. The molecule has 0 radical (unpaired) electrons. The van der Waals surface area contributed by atoms with Crippen molar-refractivity contribution in [3.8, 4) is 0 Å². The number of sulfonamides is 1. The van der Waals surface area contributed by atoms with E-state index in [4.69, 9.17) is 5.73 Å². The summed E-state index contributed by atoms with van der Waals surface area (Å²) in [5.74, 6) is -1.01. The van der Waals surface area contributed by atoms with Crippen molar-refractivity contribution in [2.75, 3.05) is 20.7 Å². The standard InChI is InChI=1S/C9H18N2O4S2/c1-6(9(12)15-4)5-11(3)17(13,14)7(2)8(10)16/h6-7H,5H2,1-4H3,(H2,10,16). The zero-order valence-corrected chi connectivity index (χ0v) is 12.0. The van der Waals surface area contributed by atoms with E-state index in [0.29, 0.717) is 0 Å². The highest BCUT2D eigenvalue weighted by Crippen LogP contribution is 2.10. The molecule has 0 aromatic rings. The van der Waals surface area contributed by atoms with Crippen molar-refractivity contribution >= 4 is 33.2 Å². The molecule has 2 atom stereocenters. The van der Waals surface area contributed by atoms with Gasteiger partial charge in [0.15, 0.2) is 0 Å². The summed E-state index contributed by atoms with van der Waals surface area (Å²) in [6.07, 6.45) is 0. The summed E-state index contributed by atoms with van der Waals surface area (Å²) in [5, 5.41) is -0.952. The van der Waals surface area contributed by atoms with Gasteiger partial charge in [-0.1, -0.05) is 19.1 Å². The van der Waals surface area contributed by atoms with Crippen LogP contribution in [0, 0.1) is 5.92 Å². The van der Waals surface area contributed by atoms with Crippen LogP contribution in [0.25, 0.3) is 0 Å². The van der Waals surface area contributed by atoms with Gasteiger partial charge in [0.2, 0.25) is 10.0 Å². The average Bonchev–Trinajstić information content (AvgIpc) is 2.26. The highest BCUT2D eigenvalue weighted by atomic mass is 32.2. The normalized spacial score (nSPS) is 15.4. The number of esters is 1. The second-order valence-electron chi connectivity index (χ2n) is 3.79. The van der Waals surface area contributed by atoms with E-state index >= 15 is 0 Å². The molecule has 17 heavy (non-hydrogen) atoms. The van der Waals surface area contributed by atoms with Gasteiger partial charge in [-0.3, -0.25) is 4.79 Å². The molecule has 0 aliphatic rings. The molecule has 8 heteroatoms. The molecule has 0 spiro atoms. The Balaban J connectivity index is 4.77. The highest BCUT2D eigenvalue weighted by molar-refractivity contribution is 7.92. The number of nitrogens with two attached hydrogens (primary N) is 1. The molecule has 0 heterocycles. The Kier molecular flexibility index (Phi) is 6.00. The van der Waals surface area contributed by atoms with Crippen LogP contribution in [0.1, 0.15) is 13.8 Å². The molecule has 0 amide bonds. The van der Waals surface area contributed by atoms with Crippen molar-refractivity contribution in [3.63, 3.8) is 0 Å². The van der Waals surface area contributed by atoms with E-state index in [1.807, 2.05) is 0 Å². The van der Waals surface area contributed by atoms with Gasteiger partial charge in [-0.15, -0.1) is 0 Å². The van der Waals surface area contributed by atoms with Crippen molar-refractivity contribution in [1.82, 2.24) is 4.31 Å². The zero-order chi connectivity index (χ0) is 13.8. The lowest BCUT2D eigenvalue weighted by Crippen LogP contribution is -2.43. The molecule has 0 saturated heterocycles. The Morgan fingerprint density at radius 3 is 2.29 bits per heavy atom. The summed E-state index contributed by atoms with van der Waals surface area (Å²) in [5.41, 5.74) is 5.31. The third kappa shape index (κ3) is 4.21. The number of hydrogen-bond acceptors (Lipinski definition) is 5. The summed E-state index contributed by atoms with van der Waals surface area (Å²) in [4.78, 5) is 11.1. The minimum absolute atomic E-state index is 0.0297. The molecule has 0 aliphatic carbocycles. The summed E-state index contributed by atoms with van der Waals surface area (Å²) in [6.45, 7) is 3.03. The molecule has 0 fully saturated rings. The Morgan fingerprint density at radius 2 is 1.94 bits per heavy atom. The molecule has 0 saturated carbocycles. The predicted molar refractivity (Wildman–Crippen MR) is 69.0 cm³/mol. The maximum atomic E-state index is 11.9. The van der Waals surface area contributed by atoms with Gasteiger partial charge in [-0.25, -0.2) is 12.7 Å². The second-order valence-corrected chi connectivity index (χ2v) is 6.63. The van der Waals surface area contributed by atoms with Gasteiger partial charge in [0.05, 0.1) is 18.0 Å². The maximum Gasteiger partial charge on any atom is 0.309 e. The van der Waals surface area contributed by atoms with E-state index in [-0.39, 0.29) is 11.5 Å². The first-order valence-corrected chi connectivity index (χ1v) is 6.88. The first-order valence-electron chi connectivity index (χ1n) is 4.96. The van der Waals surface area contributed by atoms with E-state index in [1.54, 1.807) is 6.92 Å². The van der Waals surface area contributed by atoms with Gasteiger partial charge in [0, 0.05) is 13.6 Å². The second kappa shape index (κ2) is 6.27. The van der Waals surface area contributed by atoms with Gasteiger partial charge in [-0.05, 0) is 6.92 Å². The van der Waals surface area contributed by atoms with Crippen LogP contribution < -0.4 is 5.73 Å². The number of carbonyl (C=O) groups excluding carboxylic acids is 1. The highest BCUT2D eigenvalue weighted by Gasteiger charge is 2.30. The van der Waals surface area contributed by atoms with Crippen LogP contribution in [0.4, 0.5) is 0 Å². The zero-order valence-electron chi connectivity index (χ0n) is 10.3. The molecule has 100 valence electrons. The minimum atomic E-state index is -3.62. The maximum absolute atomic E-state index is 11.9. The Morgan fingerprint density at radius 1 is 1.47 bits per heavy atom. The van der Waals surface area contributed by atoms with Crippen LogP contribution in [0.15, 0.2) is 0 Å². The number of thiocarbonyl (C=S) groups is 1. The van der Waals surface area contributed by atoms with Gasteiger partial charge in [0.25, 0.3) is 0 Å². The monoisotopic (exact) mass is 282 g/mol. The fraction of sp³-hybridized carbons (Fsp3) is 0.778. The van der Waals surface area contributed by atoms with Crippen LogP contribution >= 0.6 is 12.2 Å². The molecular formula is C9H18N2O4S2. The van der Waals surface area contributed by atoms with E-state index in [1.165, 1.54) is 21.1 Å². The Bertz CT molecular complexity index is 394. The summed E-state index contributed by atoms with van der Waals surface area (Å²) >= 11 is 4.65. The topological polar surface area (TPSA) is 89.7 Å². The summed E-state index contributed by atoms with van der Waals surface area (Å²) < 4.78 is 29.4. The predicted octanol–water partition coefficient (Wildman–Crippen LogP) is -0.268. The van der Waals surface area contributed by atoms with Crippen LogP contribution in [-0.2, 0) is 19.6 Å². The average molecular weight is 282 g/mol. The molecule has 6 nitrogen and oxygen atoms in total. The molecule has 0 aromatic heterocycles. The molecule has 2 unspecified atom stereocenters. The van der Waals surface area contributed by atoms with E-state index in [2.05, 4.69) is 17.0 Å². The fourth-order valence-corrected chi connectivity index (χ4v) is 2.81. The van der Waals surface area contributed by atoms with Crippen LogP contribution in [0.5, 0.6) is 0 Å². The van der Waals surface area contributed by atoms with Gasteiger partial charge < -0.3 is 10.5 Å². The Hall–Kier alpha value is -0.730. The van der Waals surface area contributed by atoms with Crippen molar-refractivity contribution in [2.45, 2.75) is 19.1 Å². The molecule has 0 aromatic carbocycles. The Labute approximate surface area is 107 Å². The van der Waals surface area contributed by atoms with Crippen molar-refractivity contribution in [1.29, 1.82) is 0 Å². The molecule has 0 rings (SSSR count). The minimum Gasteiger partial charge on any atom is -0.469 e. The van der Waals surface area contributed by atoms with Gasteiger partial charge in [0.1, 0.15) is 5.25 Å². The number of hydrogen-bond donors (Lipinski definition) is 1. The van der Waals surface area contributed by atoms with E-state index in [0.717, 1.165) is 4.31 Å². The summed E-state index contributed by atoms with van der Waals surface area (Å²) in [7, 11) is -0.982. The van der Waals surface area contributed by atoms with E-state index in [9.17, 15) is 13.2 Å². The quantitative estimate of drug-likeness (QED) is 0.533. The lowest BCUT2D eigenvalue weighted by atomic mass is 10.2. The van der Waals surface area contributed by atoms with Crippen LogP contribution in [-0.4, -0.2) is 49.6 Å². The number of carbonyl (C=O) groups is 1. The third-order valence-electron chi connectivity index (χ3n) is 2.42. The lowest BCUT2D eigenvalue weighted by molar-refractivity contribution is -0.144. The van der Waals surface area contributed by atoms with E-state index < -0.39 is 27.2 Å². The van der Waals surface area contributed by atoms with Crippen molar-refractivity contribution in [3.05, 3.63) is 0 Å². The molecule has 0 bridgehead atoms. The number of nitrogens with zero attached hydrogens (tertiary/aromatic N) is 1. The van der Waals surface area contributed by atoms with Crippen LogP contribution in [0.3, 0.4) is 0 Å². The molecule has 0 aliphatic heterocycles. The molecular weight excluding hydrogens is 264 g/mol. The number of methoxy groups -OCH3 is 1. The lowest BCUT2D eigenvalue weighted by Gasteiger charge is -2.23. The van der Waals surface area contributed by atoms with Crippen molar-refractivity contribution < 1.29 is 17.9 Å². The molecule has 2 N–H and O–H groups in total. The first kappa shape index (κ1) is 16.3. The number of ether oxygens (including phenoxy) is 1. The van der Waals surface area contributed by atoms with Crippen molar-refractivity contribution in [2.24, 2.45) is 11.7 Å². The van der Waals surface area contributed by atoms with Crippen LogP contribution in [0.2, 0.25) is 0 Å².